The van der Waals surface area contributed by atoms with Crippen molar-refractivity contribution in [2.24, 2.45) is 11.3 Å². The van der Waals surface area contributed by atoms with Gasteiger partial charge in [-0.3, -0.25) is 0 Å². The molecule has 1 aliphatic heterocycles. The second kappa shape index (κ2) is 1.42. The van der Waals surface area contributed by atoms with Crippen LogP contribution in [0.2, 0.25) is 0 Å². The lowest BCUT2D eigenvalue weighted by molar-refractivity contribution is -0.0572. The minimum absolute atomic E-state index is 0.833. The van der Waals surface area contributed by atoms with Gasteiger partial charge in [0.15, 0.2) is 0 Å². The van der Waals surface area contributed by atoms with Crippen molar-refractivity contribution >= 4 is 0 Å². The highest BCUT2D eigenvalue weighted by atomic mass is 15.1. The van der Waals surface area contributed by atoms with Crippen LogP contribution in [0.4, 0.5) is 0 Å². The maximum atomic E-state index is 3.66. The fourth-order valence-corrected chi connectivity index (χ4v) is 3.46. The average Bonchev–Trinajstić information content (AvgIpc) is 2.21. The highest BCUT2D eigenvalue weighted by molar-refractivity contribution is 5.19. The summed E-state index contributed by atoms with van der Waals surface area (Å²) in [5.41, 5.74) is 0.833. The molecule has 4 atom stereocenters. The third-order valence-electron chi connectivity index (χ3n) is 4.06. The number of hydrogen-bond acceptors (Lipinski definition) is 1. The van der Waals surface area contributed by atoms with E-state index < -0.39 is 0 Å². The molecule has 3 aliphatic rings. The Labute approximate surface area is 62.2 Å². The molecule has 2 aliphatic carbocycles. The second-order valence-electron chi connectivity index (χ2n) is 4.59. The molecular weight excluding hydrogens is 122 g/mol. The maximum Gasteiger partial charge on any atom is 0.0144 e. The van der Waals surface area contributed by atoms with E-state index in [0.717, 1.165) is 23.4 Å². The first kappa shape index (κ1) is 5.59. The molecule has 0 aromatic heterocycles. The van der Waals surface area contributed by atoms with Gasteiger partial charge in [0.1, 0.15) is 0 Å². The Morgan fingerprint density at radius 1 is 1.40 bits per heavy atom. The molecule has 0 bridgehead atoms. The van der Waals surface area contributed by atoms with Gasteiger partial charge in [0.25, 0.3) is 0 Å². The Morgan fingerprint density at radius 3 is 2.70 bits per heavy atom. The zero-order valence-electron chi connectivity index (χ0n) is 6.56. The van der Waals surface area contributed by atoms with E-state index >= 15 is 0 Å². The smallest absolute Gasteiger partial charge is 0.0144 e. The van der Waals surface area contributed by atoms with E-state index in [0.29, 0.717) is 0 Å². The van der Waals surface area contributed by atoms with Gasteiger partial charge in [-0.15, -0.1) is 0 Å². The van der Waals surface area contributed by atoms with Crippen molar-refractivity contribution in [1.82, 2.24) is 5.32 Å². The van der Waals surface area contributed by atoms with Crippen molar-refractivity contribution in [2.75, 3.05) is 0 Å². The first-order valence-electron chi connectivity index (χ1n) is 4.57. The standard InChI is InChI=1S/C9H15N/c1-6-4-8-9(5-6)3-2-7(9)10-8/h6-8,10H,2-5H2,1H3. The molecule has 1 nitrogen and oxygen atoms in total. The quantitative estimate of drug-likeness (QED) is 0.534. The fraction of sp³-hybridized carbons (Fsp3) is 1.00. The highest BCUT2D eigenvalue weighted by Crippen LogP contribution is 2.61. The molecule has 1 spiro atoms. The largest absolute Gasteiger partial charge is 0.310 e. The minimum atomic E-state index is 0.833. The van der Waals surface area contributed by atoms with Gasteiger partial charge >= 0.3 is 0 Å². The van der Waals surface area contributed by atoms with Crippen LogP contribution in [0.5, 0.6) is 0 Å². The monoisotopic (exact) mass is 137 g/mol. The Hall–Kier alpha value is -0.0400. The van der Waals surface area contributed by atoms with Gasteiger partial charge < -0.3 is 5.32 Å². The Kier molecular flexibility index (Phi) is 0.797. The number of nitrogens with one attached hydrogen (secondary N) is 1. The second-order valence-corrected chi connectivity index (χ2v) is 4.59. The maximum absolute atomic E-state index is 3.66. The average molecular weight is 137 g/mol. The van der Waals surface area contributed by atoms with Gasteiger partial charge in [0, 0.05) is 17.5 Å². The van der Waals surface area contributed by atoms with E-state index in [1.54, 1.807) is 0 Å². The van der Waals surface area contributed by atoms with Crippen molar-refractivity contribution in [3.05, 3.63) is 0 Å². The molecule has 1 N–H and O–H groups in total. The summed E-state index contributed by atoms with van der Waals surface area (Å²) in [4.78, 5) is 0. The third kappa shape index (κ3) is 0.402. The molecule has 0 aromatic rings. The molecule has 4 unspecified atom stereocenters. The molecule has 3 rings (SSSR count). The summed E-state index contributed by atoms with van der Waals surface area (Å²) in [6.07, 6.45) is 5.97. The van der Waals surface area contributed by atoms with E-state index in [4.69, 9.17) is 0 Å². The summed E-state index contributed by atoms with van der Waals surface area (Å²) in [5.74, 6) is 1.00. The molecule has 10 heavy (non-hydrogen) atoms. The van der Waals surface area contributed by atoms with Crippen LogP contribution in [0.3, 0.4) is 0 Å². The summed E-state index contributed by atoms with van der Waals surface area (Å²) >= 11 is 0. The molecule has 56 valence electrons. The van der Waals surface area contributed by atoms with E-state index in [-0.39, 0.29) is 0 Å². The van der Waals surface area contributed by atoms with Crippen LogP contribution in [-0.4, -0.2) is 12.1 Å². The molecule has 1 saturated heterocycles. The van der Waals surface area contributed by atoms with Gasteiger partial charge in [-0.1, -0.05) is 6.92 Å². The number of hydrogen-bond donors (Lipinski definition) is 1. The van der Waals surface area contributed by atoms with Gasteiger partial charge in [-0.25, -0.2) is 0 Å². The molecule has 2 saturated carbocycles. The van der Waals surface area contributed by atoms with Crippen LogP contribution in [0.25, 0.3) is 0 Å². The van der Waals surface area contributed by atoms with E-state index in [1.807, 2.05) is 0 Å². The zero-order chi connectivity index (χ0) is 6.77. The fourth-order valence-electron chi connectivity index (χ4n) is 3.46. The van der Waals surface area contributed by atoms with E-state index in [9.17, 15) is 0 Å². The lowest BCUT2D eigenvalue weighted by Gasteiger charge is -2.62. The molecule has 0 amide bonds. The van der Waals surface area contributed by atoms with Crippen molar-refractivity contribution in [3.63, 3.8) is 0 Å². The van der Waals surface area contributed by atoms with Gasteiger partial charge in [0.05, 0.1) is 0 Å². The lowest BCUT2D eigenvalue weighted by Crippen LogP contribution is -2.73. The van der Waals surface area contributed by atoms with Gasteiger partial charge in [0.2, 0.25) is 0 Å². The summed E-state index contributed by atoms with van der Waals surface area (Å²) < 4.78 is 0. The van der Waals surface area contributed by atoms with E-state index in [1.165, 1.54) is 25.7 Å². The van der Waals surface area contributed by atoms with Crippen LogP contribution in [0.15, 0.2) is 0 Å². The number of rotatable bonds is 0. The summed E-state index contributed by atoms with van der Waals surface area (Å²) in [7, 11) is 0. The Bertz CT molecular complexity index is 178. The lowest BCUT2D eigenvalue weighted by atomic mass is 9.55. The molecule has 1 heteroatoms. The molecular formula is C9H15N. The Balaban J connectivity index is 1.89. The van der Waals surface area contributed by atoms with Crippen molar-refractivity contribution in [2.45, 2.75) is 44.7 Å². The normalized spacial score (nSPS) is 63.9. The SMILES string of the molecule is CC1CC2NC3CCC32C1. The predicted octanol–water partition coefficient (Wildman–Crippen LogP) is 1.54. The summed E-state index contributed by atoms with van der Waals surface area (Å²) in [6.45, 7) is 2.41. The molecule has 3 fully saturated rings. The molecule has 0 aromatic carbocycles. The zero-order valence-corrected chi connectivity index (χ0v) is 6.56. The van der Waals surface area contributed by atoms with Crippen LogP contribution in [0.1, 0.15) is 32.6 Å². The van der Waals surface area contributed by atoms with Gasteiger partial charge in [-0.05, 0) is 31.6 Å². The third-order valence-corrected chi connectivity index (χ3v) is 4.06. The molecule has 0 radical (unpaired) electrons. The van der Waals surface area contributed by atoms with E-state index in [2.05, 4.69) is 12.2 Å². The van der Waals surface area contributed by atoms with Crippen LogP contribution >= 0.6 is 0 Å². The molecule has 1 heterocycles. The summed E-state index contributed by atoms with van der Waals surface area (Å²) in [6, 6.07) is 1.88. The van der Waals surface area contributed by atoms with Crippen LogP contribution < -0.4 is 5.32 Å². The number of piperidine rings is 1. The van der Waals surface area contributed by atoms with Crippen molar-refractivity contribution in [3.8, 4) is 0 Å². The first-order chi connectivity index (χ1) is 4.81. The minimum Gasteiger partial charge on any atom is -0.310 e. The van der Waals surface area contributed by atoms with Crippen LogP contribution in [-0.2, 0) is 0 Å². The topological polar surface area (TPSA) is 12.0 Å². The van der Waals surface area contributed by atoms with Crippen molar-refractivity contribution < 1.29 is 0 Å². The highest BCUT2D eigenvalue weighted by Gasteiger charge is 2.63. The van der Waals surface area contributed by atoms with Crippen molar-refractivity contribution in [1.29, 1.82) is 0 Å². The first-order valence-corrected chi connectivity index (χ1v) is 4.57. The van der Waals surface area contributed by atoms with Gasteiger partial charge in [-0.2, -0.15) is 0 Å². The Morgan fingerprint density at radius 2 is 2.30 bits per heavy atom. The van der Waals surface area contributed by atoms with Crippen LogP contribution in [0, 0.1) is 11.3 Å². The predicted molar refractivity (Wildman–Crippen MR) is 40.8 cm³/mol. The summed E-state index contributed by atoms with van der Waals surface area (Å²) in [5, 5.41) is 3.66.